The lowest BCUT2D eigenvalue weighted by molar-refractivity contribution is 0.0893. The van der Waals surface area contributed by atoms with Gasteiger partial charge in [0.25, 0.3) is 5.91 Å². The Morgan fingerprint density at radius 2 is 2.30 bits per heavy atom. The van der Waals surface area contributed by atoms with Gasteiger partial charge in [-0.05, 0) is 31.0 Å². The third-order valence-electron chi connectivity index (χ3n) is 2.95. The van der Waals surface area contributed by atoms with Gasteiger partial charge in [0.15, 0.2) is 0 Å². The van der Waals surface area contributed by atoms with Crippen LogP contribution in [0.4, 0.5) is 10.4 Å². The van der Waals surface area contributed by atoms with Crippen molar-refractivity contribution in [3.63, 3.8) is 0 Å². The molecule has 0 spiro atoms. The molecule has 0 unspecified atom stereocenters. The third kappa shape index (κ3) is 2.67. The van der Waals surface area contributed by atoms with E-state index in [0.717, 1.165) is 18.9 Å². The van der Waals surface area contributed by atoms with Crippen molar-refractivity contribution in [1.82, 2.24) is 10.2 Å². The van der Waals surface area contributed by atoms with E-state index in [4.69, 9.17) is 9.15 Å². The van der Waals surface area contributed by atoms with Crippen LogP contribution in [0.2, 0.25) is 0 Å². The zero-order valence-corrected chi connectivity index (χ0v) is 10.5. The maximum Gasteiger partial charge on any atom is 0.322 e. The number of hydrogen-bond donors (Lipinski definition) is 1. The molecule has 0 aliphatic carbocycles. The maximum atomic E-state index is 13.0. The lowest BCUT2D eigenvalue weighted by Crippen LogP contribution is -2.12. The van der Waals surface area contributed by atoms with E-state index in [0.29, 0.717) is 12.5 Å². The molecule has 0 radical (unpaired) electrons. The summed E-state index contributed by atoms with van der Waals surface area (Å²) in [5.41, 5.74) is 0.182. The van der Waals surface area contributed by atoms with Gasteiger partial charge < -0.3 is 9.15 Å². The number of aromatic nitrogens is 2. The number of benzene rings is 1. The van der Waals surface area contributed by atoms with Gasteiger partial charge in [0.2, 0.25) is 5.89 Å². The van der Waals surface area contributed by atoms with Crippen molar-refractivity contribution in [2.75, 3.05) is 11.9 Å². The van der Waals surface area contributed by atoms with Crippen LogP contribution in [0, 0.1) is 5.82 Å². The van der Waals surface area contributed by atoms with Gasteiger partial charge in [-0.3, -0.25) is 10.1 Å². The zero-order valence-electron chi connectivity index (χ0n) is 10.5. The van der Waals surface area contributed by atoms with E-state index in [1.807, 2.05) is 0 Å². The standard InChI is InChI=1S/C13H12FN3O3/c14-9-4-1-3-8(7-9)11(18)15-13-17-16-12(20-13)10-5-2-6-19-10/h1,3-4,7,10H,2,5-6H2,(H,15,17,18)/t10-/m0/s1. The summed E-state index contributed by atoms with van der Waals surface area (Å²) in [6.45, 7) is 0.665. The lowest BCUT2D eigenvalue weighted by atomic mass is 10.2. The molecule has 3 rings (SSSR count). The summed E-state index contributed by atoms with van der Waals surface area (Å²) in [6, 6.07) is 5.32. The maximum absolute atomic E-state index is 13.0. The quantitative estimate of drug-likeness (QED) is 0.931. The van der Waals surface area contributed by atoms with Crippen molar-refractivity contribution >= 4 is 11.9 Å². The second-order valence-corrected chi connectivity index (χ2v) is 4.41. The van der Waals surface area contributed by atoms with Gasteiger partial charge in [0, 0.05) is 12.2 Å². The Kier molecular flexibility index (Phi) is 3.42. The number of nitrogens with one attached hydrogen (secondary N) is 1. The molecule has 1 amide bonds. The minimum absolute atomic E-state index is 0.0234. The van der Waals surface area contributed by atoms with Gasteiger partial charge in [-0.1, -0.05) is 11.2 Å². The summed E-state index contributed by atoms with van der Waals surface area (Å²) in [4.78, 5) is 11.9. The number of nitrogens with zero attached hydrogens (tertiary/aromatic N) is 2. The molecule has 104 valence electrons. The highest BCUT2D eigenvalue weighted by atomic mass is 19.1. The average molecular weight is 277 g/mol. The molecule has 2 aromatic rings. The minimum Gasteiger partial charge on any atom is -0.405 e. The zero-order chi connectivity index (χ0) is 13.9. The number of hydrogen-bond acceptors (Lipinski definition) is 5. The van der Waals surface area contributed by atoms with Gasteiger partial charge in [-0.2, -0.15) is 0 Å². The van der Waals surface area contributed by atoms with Crippen LogP contribution in [0.15, 0.2) is 28.7 Å². The molecule has 1 fully saturated rings. The molecule has 0 saturated carbocycles. The molecule has 1 aliphatic heterocycles. The summed E-state index contributed by atoms with van der Waals surface area (Å²) >= 11 is 0. The largest absolute Gasteiger partial charge is 0.405 e. The minimum atomic E-state index is -0.507. The van der Waals surface area contributed by atoms with Crippen molar-refractivity contribution in [2.45, 2.75) is 18.9 Å². The van der Waals surface area contributed by atoms with Crippen molar-refractivity contribution in [2.24, 2.45) is 0 Å². The molecular weight excluding hydrogens is 265 g/mol. The van der Waals surface area contributed by atoms with Crippen molar-refractivity contribution in [3.05, 3.63) is 41.5 Å². The molecule has 2 heterocycles. The number of anilines is 1. The second-order valence-electron chi connectivity index (χ2n) is 4.41. The molecule has 0 bridgehead atoms. The van der Waals surface area contributed by atoms with Gasteiger partial charge in [0.05, 0.1) is 0 Å². The first-order valence-corrected chi connectivity index (χ1v) is 6.24. The van der Waals surface area contributed by atoms with Crippen molar-refractivity contribution in [1.29, 1.82) is 0 Å². The first kappa shape index (κ1) is 12.7. The number of rotatable bonds is 3. The smallest absolute Gasteiger partial charge is 0.322 e. The van der Waals surface area contributed by atoms with E-state index >= 15 is 0 Å². The van der Waals surface area contributed by atoms with E-state index in [1.165, 1.54) is 18.2 Å². The van der Waals surface area contributed by atoms with Gasteiger partial charge in [-0.25, -0.2) is 4.39 Å². The van der Waals surface area contributed by atoms with E-state index < -0.39 is 11.7 Å². The molecule has 1 aromatic heterocycles. The summed E-state index contributed by atoms with van der Waals surface area (Å²) in [6.07, 6.45) is 1.56. The molecule has 7 heteroatoms. The van der Waals surface area contributed by atoms with Crippen LogP contribution in [0.1, 0.15) is 35.2 Å². The van der Waals surface area contributed by atoms with Crippen LogP contribution in [0.25, 0.3) is 0 Å². The molecule has 20 heavy (non-hydrogen) atoms. The Bertz CT molecular complexity index is 623. The summed E-state index contributed by atoms with van der Waals surface area (Å²) in [5.74, 6) is -0.646. The van der Waals surface area contributed by atoms with Crippen LogP contribution in [-0.4, -0.2) is 22.7 Å². The van der Waals surface area contributed by atoms with Crippen LogP contribution < -0.4 is 5.32 Å². The fourth-order valence-electron chi connectivity index (χ4n) is 1.99. The normalized spacial score (nSPS) is 18.1. The average Bonchev–Trinajstić information content (AvgIpc) is 3.08. The van der Waals surface area contributed by atoms with Gasteiger partial charge in [-0.15, -0.1) is 5.10 Å². The topological polar surface area (TPSA) is 77.2 Å². The Hall–Kier alpha value is -2.28. The SMILES string of the molecule is O=C(Nc1nnc([C@@H]2CCCO2)o1)c1cccc(F)c1. The molecule has 1 aliphatic rings. The molecule has 1 N–H and O–H groups in total. The first-order chi connectivity index (χ1) is 9.72. The fraction of sp³-hybridized carbons (Fsp3) is 0.308. The van der Waals surface area contributed by atoms with Crippen molar-refractivity contribution < 1.29 is 18.3 Å². The second kappa shape index (κ2) is 5.38. The van der Waals surface area contributed by atoms with E-state index in [9.17, 15) is 9.18 Å². The fourth-order valence-corrected chi connectivity index (χ4v) is 1.99. The molecular formula is C13H12FN3O3. The van der Waals surface area contributed by atoms with Crippen LogP contribution in [0.3, 0.4) is 0 Å². The number of carbonyl (C=O) groups is 1. The molecule has 6 nitrogen and oxygen atoms in total. The third-order valence-corrected chi connectivity index (χ3v) is 2.95. The highest BCUT2D eigenvalue weighted by Crippen LogP contribution is 2.28. The summed E-state index contributed by atoms with van der Waals surface area (Å²) in [5, 5.41) is 9.99. The van der Waals surface area contributed by atoms with E-state index in [1.54, 1.807) is 0 Å². The number of carbonyl (C=O) groups excluding carboxylic acids is 1. The molecule has 1 aromatic carbocycles. The predicted octanol–water partition coefficient (Wildman–Crippen LogP) is 2.31. The Morgan fingerprint density at radius 1 is 1.40 bits per heavy atom. The Labute approximate surface area is 113 Å². The number of ether oxygens (including phenoxy) is 1. The lowest BCUT2D eigenvalue weighted by Gasteiger charge is -2.02. The summed E-state index contributed by atoms with van der Waals surface area (Å²) < 4.78 is 23.7. The highest BCUT2D eigenvalue weighted by molar-refractivity contribution is 6.03. The van der Waals surface area contributed by atoms with Crippen LogP contribution in [-0.2, 0) is 4.74 Å². The number of halogens is 1. The summed E-state index contributed by atoms with van der Waals surface area (Å²) in [7, 11) is 0. The Balaban J connectivity index is 1.70. The van der Waals surface area contributed by atoms with E-state index in [-0.39, 0.29) is 17.7 Å². The number of amides is 1. The van der Waals surface area contributed by atoms with Gasteiger partial charge >= 0.3 is 6.01 Å². The molecule has 1 atom stereocenters. The van der Waals surface area contributed by atoms with E-state index in [2.05, 4.69) is 15.5 Å². The van der Waals surface area contributed by atoms with Gasteiger partial charge in [0.1, 0.15) is 11.9 Å². The Morgan fingerprint density at radius 3 is 3.05 bits per heavy atom. The first-order valence-electron chi connectivity index (χ1n) is 6.24. The molecule has 1 saturated heterocycles. The van der Waals surface area contributed by atoms with Crippen molar-refractivity contribution in [3.8, 4) is 0 Å². The highest BCUT2D eigenvalue weighted by Gasteiger charge is 2.24. The monoisotopic (exact) mass is 277 g/mol. The van der Waals surface area contributed by atoms with Crippen LogP contribution >= 0.6 is 0 Å². The van der Waals surface area contributed by atoms with Crippen LogP contribution in [0.5, 0.6) is 0 Å². The predicted molar refractivity (Wildman–Crippen MR) is 66.6 cm³/mol.